The Morgan fingerprint density at radius 2 is 1.91 bits per heavy atom. The maximum atomic E-state index is 13.6. The minimum Gasteiger partial charge on any atom is -0.500 e. The van der Waals surface area contributed by atoms with E-state index in [9.17, 15) is 24.8 Å². The quantitative estimate of drug-likeness (QED) is 0.425. The highest BCUT2D eigenvalue weighted by molar-refractivity contribution is 6.10. The van der Waals surface area contributed by atoms with Gasteiger partial charge in [0.1, 0.15) is 0 Å². The first kappa shape index (κ1) is 24.0. The molecule has 1 aliphatic carbocycles. The van der Waals surface area contributed by atoms with Crippen molar-refractivity contribution < 1.29 is 24.4 Å². The topological polar surface area (TPSA) is 131 Å². The standard InChI is InChI=1S/C26H27N3O6/c1-14-21(25(32)28-16-8-6-5-7-9-16)22(23-17(27-14)12-26(2,3)13-19(23)30)15-10-18(29(33)34)24(31)20(11-15)35-4/h5-11,22,27,31H,12-13H2,1-4H3,(H,28,32). The van der Waals surface area contributed by atoms with Crippen molar-refractivity contribution in [2.24, 2.45) is 5.41 Å². The van der Waals surface area contributed by atoms with Gasteiger partial charge in [0.25, 0.3) is 5.91 Å². The number of carbonyl (C=O) groups excluding carboxylic acids is 2. The van der Waals surface area contributed by atoms with Crippen molar-refractivity contribution in [3.8, 4) is 11.5 Å². The Hall–Kier alpha value is -4.14. The minimum absolute atomic E-state index is 0.112. The van der Waals surface area contributed by atoms with Gasteiger partial charge in [0.05, 0.1) is 12.0 Å². The van der Waals surface area contributed by atoms with Crippen LogP contribution in [-0.2, 0) is 9.59 Å². The van der Waals surface area contributed by atoms with Crippen LogP contribution < -0.4 is 15.4 Å². The number of dihydropyridines is 1. The SMILES string of the molecule is COc1cc(C2C(C(=O)Nc3ccccc3)=C(C)NC3=C2C(=O)CC(C)(C)C3)cc([N+](=O)[O-])c1O. The van der Waals surface area contributed by atoms with Gasteiger partial charge in [-0.1, -0.05) is 32.0 Å². The van der Waals surface area contributed by atoms with Gasteiger partial charge >= 0.3 is 5.69 Å². The second kappa shape index (κ2) is 8.90. The number of para-hydroxylation sites is 1. The molecule has 9 nitrogen and oxygen atoms in total. The third-order valence-electron chi connectivity index (χ3n) is 6.34. The van der Waals surface area contributed by atoms with Crippen molar-refractivity contribution in [2.45, 2.75) is 39.5 Å². The van der Waals surface area contributed by atoms with Crippen LogP contribution in [0.5, 0.6) is 11.5 Å². The van der Waals surface area contributed by atoms with Gasteiger partial charge in [0.15, 0.2) is 11.5 Å². The zero-order valence-electron chi connectivity index (χ0n) is 20.0. The lowest BCUT2D eigenvalue weighted by atomic mass is 9.68. The van der Waals surface area contributed by atoms with E-state index in [1.165, 1.54) is 19.2 Å². The van der Waals surface area contributed by atoms with Crippen molar-refractivity contribution in [1.82, 2.24) is 5.32 Å². The highest BCUT2D eigenvalue weighted by Gasteiger charge is 2.43. The van der Waals surface area contributed by atoms with Gasteiger partial charge < -0.3 is 20.5 Å². The minimum atomic E-state index is -0.883. The van der Waals surface area contributed by atoms with E-state index in [2.05, 4.69) is 10.6 Å². The highest BCUT2D eigenvalue weighted by atomic mass is 16.6. The number of nitro benzene ring substituents is 1. The number of benzene rings is 2. The van der Waals surface area contributed by atoms with Gasteiger partial charge in [0, 0.05) is 46.6 Å². The van der Waals surface area contributed by atoms with E-state index in [-0.39, 0.29) is 28.9 Å². The van der Waals surface area contributed by atoms with Crippen LogP contribution >= 0.6 is 0 Å². The molecule has 35 heavy (non-hydrogen) atoms. The van der Waals surface area contributed by atoms with E-state index >= 15 is 0 Å². The number of anilines is 1. The first-order valence-corrected chi connectivity index (χ1v) is 11.2. The molecule has 0 bridgehead atoms. The number of nitro groups is 1. The Morgan fingerprint density at radius 3 is 2.54 bits per heavy atom. The second-order valence-corrected chi connectivity index (χ2v) is 9.60. The highest BCUT2D eigenvalue weighted by Crippen LogP contribution is 2.49. The fourth-order valence-corrected chi connectivity index (χ4v) is 4.87. The largest absolute Gasteiger partial charge is 0.500 e. The first-order chi connectivity index (χ1) is 16.5. The van der Waals surface area contributed by atoms with Crippen molar-refractivity contribution in [3.63, 3.8) is 0 Å². The predicted octanol–water partition coefficient (Wildman–Crippen LogP) is 4.55. The summed E-state index contributed by atoms with van der Waals surface area (Å²) in [6.45, 7) is 5.74. The number of Topliss-reactive ketones (excluding diaryl/α,β-unsaturated/α-hetero) is 1. The van der Waals surface area contributed by atoms with Crippen molar-refractivity contribution >= 4 is 23.1 Å². The first-order valence-electron chi connectivity index (χ1n) is 11.2. The summed E-state index contributed by atoms with van der Waals surface area (Å²) in [5, 5.41) is 28.1. The van der Waals surface area contributed by atoms with Crippen LogP contribution in [0.15, 0.2) is 65.0 Å². The number of hydrogen-bond donors (Lipinski definition) is 3. The van der Waals surface area contributed by atoms with Crippen molar-refractivity contribution in [3.05, 3.63) is 80.7 Å². The Kier molecular flexibility index (Phi) is 6.10. The van der Waals surface area contributed by atoms with E-state index in [0.717, 1.165) is 0 Å². The Labute approximate surface area is 202 Å². The van der Waals surface area contributed by atoms with Crippen molar-refractivity contribution in [2.75, 3.05) is 12.4 Å². The molecule has 2 aliphatic rings. The van der Waals surface area contributed by atoms with E-state index in [1.54, 1.807) is 31.2 Å². The third-order valence-corrected chi connectivity index (χ3v) is 6.34. The van der Waals surface area contributed by atoms with Crippen LogP contribution in [0.25, 0.3) is 0 Å². The zero-order valence-corrected chi connectivity index (χ0v) is 20.0. The van der Waals surface area contributed by atoms with E-state index in [0.29, 0.717) is 34.6 Å². The number of hydrogen-bond acceptors (Lipinski definition) is 7. The lowest BCUT2D eigenvalue weighted by Gasteiger charge is -2.39. The number of phenols is 1. The van der Waals surface area contributed by atoms with E-state index in [4.69, 9.17) is 4.74 Å². The average molecular weight is 478 g/mol. The summed E-state index contributed by atoms with van der Waals surface area (Å²) in [4.78, 5) is 38.0. The number of amides is 1. The van der Waals surface area contributed by atoms with Gasteiger partial charge in [-0.2, -0.15) is 0 Å². The molecular weight excluding hydrogens is 450 g/mol. The summed E-state index contributed by atoms with van der Waals surface area (Å²) < 4.78 is 5.19. The molecule has 4 rings (SSSR count). The maximum Gasteiger partial charge on any atom is 0.314 e. The summed E-state index contributed by atoms with van der Waals surface area (Å²) in [5.74, 6) is -2.19. The summed E-state index contributed by atoms with van der Waals surface area (Å²) in [7, 11) is 1.29. The number of nitrogens with one attached hydrogen (secondary N) is 2. The average Bonchev–Trinajstić information content (AvgIpc) is 2.77. The lowest BCUT2D eigenvalue weighted by Crippen LogP contribution is -2.39. The Bertz CT molecular complexity index is 1290. The molecule has 1 amide bonds. The molecule has 9 heteroatoms. The Balaban J connectivity index is 1.92. The summed E-state index contributed by atoms with van der Waals surface area (Å²) in [6.07, 6.45) is 0.848. The van der Waals surface area contributed by atoms with E-state index < -0.39 is 28.2 Å². The van der Waals surface area contributed by atoms with Gasteiger partial charge in [-0.15, -0.1) is 0 Å². The van der Waals surface area contributed by atoms with Crippen LogP contribution in [0.3, 0.4) is 0 Å². The second-order valence-electron chi connectivity index (χ2n) is 9.60. The molecular formula is C26H27N3O6. The fourth-order valence-electron chi connectivity index (χ4n) is 4.87. The molecule has 1 atom stereocenters. The molecule has 182 valence electrons. The number of carbonyl (C=O) groups is 2. The predicted molar refractivity (Wildman–Crippen MR) is 130 cm³/mol. The summed E-state index contributed by atoms with van der Waals surface area (Å²) >= 11 is 0. The molecule has 0 aromatic heterocycles. The molecule has 0 saturated heterocycles. The fraction of sp³-hybridized carbons (Fsp3) is 0.308. The van der Waals surface area contributed by atoms with Crippen LogP contribution in [0.4, 0.5) is 11.4 Å². The Morgan fingerprint density at radius 1 is 1.23 bits per heavy atom. The number of rotatable bonds is 5. The maximum absolute atomic E-state index is 13.6. The molecule has 0 saturated carbocycles. The van der Waals surface area contributed by atoms with Crippen LogP contribution in [0, 0.1) is 15.5 Å². The normalized spacial score (nSPS) is 19.1. The molecule has 1 aliphatic heterocycles. The molecule has 1 heterocycles. The zero-order chi connectivity index (χ0) is 25.5. The van der Waals surface area contributed by atoms with Crippen LogP contribution in [0.1, 0.15) is 45.1 Å². The number of methoxy groups -OCH3 is 1. The van der Waals surface area contributed by atoms with Gasteiger partial charge in [0.2, 0.25) is 5.75 Å². The molecule has 2 aromatic rings. The monoisotopic (exact) mass is 477 g/mol. The molecule has 0 spiro atoms. The number of phenolic OH excluding ortho intramolecular Hbond substituents is 1. The van der Waals surface area contributed by atoms with E-state index in [1.807, 2.05) is 19.9 Å². The third kappa shape index (κ3) is 4.49. The molecule has 2 aromatic carbocycles. The molecule has 1 unspecified atom stereocenters. The van der Waals surface area contributed by atoms with Crippen LogP contribution in [0.2, 0.25) is 0 Å². The molecule has 0 radical (unpaired) electrons. The number of nitrogens with zero attached hydrogens (tertiary/aromatic N) is 1. The number of ketones is 1. The smallest absolute Gasteiger partial charge is 0.314 e. The number of aromatic hydroxyl groups is 1. The van der Waals surface area contributed by atoms with Gasteiger partial charge in [-0.3, -0.25) is 19.7 Å². The molecule has 0 fully saturated rings. The number of ether oxygens (including phenoxy) is 1. The van der Waals surface area contributed by atoms with Crippen LogP contribution in [-0.4, -0.2) is 28.8 Å². The van der Waals surface area contributed by atoms with Crippen molar-refractivity contribution in [1.29, 1.82) is 0 Å². The van der Waals surface area contributed by atoms with Gasteiger partial charge in [-0.25, -0.2) is 0 Å². The number of allylic oxidation sites excluding steroid dienone is 3. The summed E-state index contributed by atoms with van der Waals surface area (Å²) in [5.41, 5.74) is 1.94. The summed E-state index contributed by atoms with van der Waals surface area (Å²) in [6, 6.07) is 11.5. The lowest BCUT2D eigenvalue weighted by molar-refractivity contribution is -0.386. The molecule has 3 N–H and O–H groups in total. The van der Waals surface area contributed by atoms with Gasteiger partial charge in [-0.05, 0) is 42.5 Å².